The van der Waals surface area contributed by atoms with Crippen LogP contribution in [0.25, 0.3) is 0 Å². The Bertz CT molecular complexity index is 577. The van der Waals surface area contributed by atoms with E-state index in [4.69, 9.17) is 0 Å². The summed E-state index contributed by atoms with van der Waals surface area (Å²) in [5, 5.41) is 9.24. The van der Waals surface area contributed by atoms with Gasteiger partial charge < -0.3 is 5.32 Å². The highest BCUT2D eigenvalue weighted by atomic mass is 16.1. The van der Waals surface area contributed by atoms with Crippen LogP contribution in [0.1, 0.15) is 16.8 Å². The number of benzene rings is 1. The molecule has 2 aromatic rings. The SMILES string of the molecule is Cc1cccc(CNc2nc(=O)[nH]nc2C)c1. The molecule has 1 aromatic carbocycles. The largest absolute Gasteiger partial charge is 0.364 e. The lowest BCUT2D eigenvalue weighted by molar-refractivity contribution is 0.874. The Balaban J connectivity index is 2.12. The summed E-state index contributed by atoms with van der Waals surface area (Å²) in [4.78, 5) is 14.9. The van der Waals surface area contributed by atoms with Gasteiger partial charge in [0.15, 0.2) is 5.82 Å². The van der Waals surface area contributed by atoms with Crippen LogP contribution in [0.15, 0.2) is 29.1 Å². The highest BCUT2D eigenvalue weighted by molar-refractivity contribution is 5.38. The van der Waals surface area contributed by atoms with Crippen LogP contribution in [0.3, 0.4) is 0 Å². The van der Waals surface area contributed by atoms with E-state index in [1.54, 1.807) is 6.92 Å². The van der Waals surface area contributed by atoms with Crippen molar-refractivity contribution < 1.29 is 0 Å². The van der Waals surface area contributed by atoms with Gasteiger partial charge in [-0.15, -0.1) is 0 Å². The molecule has 0 aliphatic heterocycles. The van der Waals surface area contributed by atoms with Gasteiger partial charge in [0.2, 0.25) is 0 Å². The molecule has 0 spiro atoms. The number of hydrogen-bond acceptors (Lipinski definition) is 4. The van der Waals surface area contributed by atoms with E-state index in [-0.39, 0.29) is 0 Å². The van der Waals surface area contributed by atoms with Gasteiger partial charge in [-0.1, -0.05) is 29.8 Å². The zero-order valence-electron chi connectivity index (χ0n) is 9.82. The third-order valence-electron chi connectivity index (χ3n) is 2.42. The molecule has 0 bridgehead atoms. The van der Waals surface area contributed by atoms with Crippen LogP contribution in [0.2, 0.25) is 0 Å². The van der Waals surface area contributed by atoms with Crippen molar-refractivity contribution in [3.05, 3.63) is 51.6 Å². The van der Waals surface area contributed by atoms with Crippen molar-refractivity contribution in [1.29, 1.82) is 0 Å². The van der Waals surface area contributed by atoms with Crippen LogP contribution in [-0.2, 0) is 6.54 Å². The first-order valence-corrected chi connectivity index (χ1v) is 5.38. The molecular weight excluding hydrogens is 216 g/mol. The predicted octanol–water partition coefficient (Wildman–Crippen LogP) is 1.39. The lowest BCUT2D eigenvalue weighted by Crippen LogP contribution is -2.17. The lowest BCUT2D eigenvalue weighted by Gasteiger charge is -2.07. The summed E-state index contributed by atoms with van der Waals surface area (Å²) < 4.78 is 0. The third kappa shape index (κ3) is 2.90. The quantitative estimate of drug-likeness (QED) is 0.836. The van der Waals surface area contributed by atoms with Crippen molar-refractivity contribution in [2.75, 3.05) is 5.32 Å². The second-order valence-corrected chi connectivity index (χ2v) is 3.92. The van der Waals surface area contributed by atoms with Gasteiger partial charge >= 0.3 is 5.69 Å². The van der Waals surface area contributed by atoms with E-state index in [1.807, 2.05) is 25.1 Å². The van der Waals surface area contributed by atoms with Crippen LogP contribution in [0.5, 0.6) is 0 Å². The van der Waals surface area contributed by atoms with Crippen LogP contribution in [0.4, 0.5) is 5.82 Å². The summed E-state index contributed by atoms with van der Waals surface area (Å²) in [6.45, 7) is 4.46. The molecule has 0 amide bonds. The molecule has 0 radical (unpaired) electrons. The standard InChI is InChI=1S/C12H14N4O/c1-8-4-3-5-10(6-8)7-13-11-9(2)15-16-12(17)14-11/h3-6H,7H2,1-2H3,(H2,13,14,16,17). The van der Waals surface area contributed by atoms with Gasteiger partial charge in [-0.25, -0.2) is 9.89 Å². The maximum atomic E-state index is 11.0. The van der Waals surface area contributed by atoms with Crippen molar-refractivity contribution in [2.45, 2.75) is 20.4 Å². The van der Waals surface area contributed by atoms with E-state index >= 15 is 0 Å². The molecule has 0 aliphatic carbocycles. The topological polar surface area (TPSA) is 70.7 Å². The molecule has 17 heavy (non-hydrogen) atoms. The predicted molar refractivity (Wildman–Crippen MR) is 65.9 cm³/mol. The summed E-state index contributed by atoms with van der Waals surface area (Å²) in [6, 6.07) is 8.16. The highest BCUT2D eigenvalue weighted by Crippen LogP contribution is 2.08. The summed E-state index contributed by atoms with van der Waals surface area (Å²) in [5.41, 5.74) is 2.59. The van der Waals surface area contributed by atoms with Gasteiger partial charge in [0.1, 0.15) is 5.69 Å². The molecule has 0 unspecified atom stereocenters. The average molecular weight is 230 g/mol. The van der Waals surface area contributed by atoms with Gasteiger partial charge in [0, 0.05) is 6.54 Å². The first kappa shape index (κ1) is 11.3. The van der Waals surface area contributed by atoms with Crippen molar-refractivity contribution in [2.24, 2.45) is 0 Å². The maximum absolute atomic E-state index is 11.0. The summed E-state index contributed by atoms with van der Waals surface area (Å²) >= 11 is 0. The van der Waals surface area contributed by atoms with Crippen molar-refractivity contribution >= 4 is 5.82 Å². The number of aryl methyl sites for hydroxylation is 2. The normalized spacial score (nSPS) is 10.2. The Morgan fingerprint density at radius 3 is 2.94 bits per heavy atom. The van der Waals surface area contributed by atoms with E-state index in [2.05, 4.69) is 26.6 Å². The first-order chi connectivity index (χ1) is 8.15. The molecular formula is C12H14N4O. The molecule has 88 valence electrons. The molecule has 2 N–H and O–H groups in total. The Labute approximate surface area is 98.9 Å². The average Bonchev–Trinajstić information content (AvgIpc) is 2.30. The Morgan fingerprint density at radius 1 is 1.35 bits per heavy atom. The Kier molecular flexibility index (Phi) is 3.18. The molecule has 1 aromatic heterocycles. The molecule has 0 saturated heterocycles. The van der Waals surface area contributed by atoms with E-state index in [0.29, 0.717) is 18.1 Å². The van der Waals surface area contributed by atoms with Crippen LogP contribution in [0, 0.1) is 13.8 Å². The van der Waals surface area contributed by atoms with E-state index in [9.17, 15) is 4.79 Å². The third-order valence-corrected chi connectivity index (χ3v) is 2.42. The zero-order chi connectivity index (χ0) is 12.3. The Hall–Kier alpha value is -2.17. The highest BCUT2D eigenvalue weighted by Gasteiger charge is 2.02. The minimum Gasteiger partial charge on any atom is -0.364 e. The fourth-order valence-electron chi connectivity index (χ4n) is 1.57. The van der Waals surface area contributed by atoms with Crippen molar-refractivity contribution in [3.63, 3.8) is 0 Å². The molecule has 0 saturated carbocycles. The van der Waals surface area contributed by atoms with Crippen molar-refractivity contribution in [1.82, 2.24) is 15.2 Å². The fraction of sp³-hybridized carbons (Fsp3) is 0.250. The Morgan fingerprint density at radius 2 is 2.18 bits per heavy atom. The van der Waals surface area contributed by atoms with Gasteiger partial charge in [-0.05, 0) is 19.4 Å². The van der Waals surface area contributed by atoms with Crippen LogP contribution < -0.4 is 11.0 Å². The number of rotatable bonds is 3. The summed E-state index contributed by atoms with van der Waals surface area (Å²) in [7, 11) is 0. The summed E-state index contributed by atoms with van der Waals surface area (Å²) in [5.74, 6) is 0.523. The minimum atomic E-state index is -0.442. The van der Waals surface area contributed by atoms with E-state index in [1.165, 1.54) is 5.56 Å². The van der Waals surface area contributed by atoms with Gasteiger partial charge in [0.05, 0.1) is 0 Å². The second kappa shape index (κ2) is 4.78. The monoisotopic (exact) mass is 230 g/mol. The molecule has 0 aliphatic rings. The molecule has 5 heteroatoms. The molecule has 0 fully saturated rings. The number of nitrogens with zero attached hydrogens (tertiary/aromatic N) is 2. The number of anilines is 1. The number of nitrogens with one attached hydrogen (secondary N) is 2. The smallest absolute Gasteiger partial charge is 0.363 e. The maximum Gasteiger partial charge on any atom is 0.363 e. The molecule has 2 rings (SSSR count). The number of aromatic amines is 1. The van der Waals surface area contributed by atoms with Crippen molar-refractivity contribution in [3.8, 4) is 0 Å². The number of aromatic nitrogens is 3. The van der Waals surface area contributed by atoms with Crippen LogP contribution in [-0.4, -0.2) is 15.2 Å². The summed E-state index contributed by atoms with van der Waals surface area (Å²) in [6.07, 6.45) is 0. The molecule has 0 atom stereocenters. The van der Waals surface area contributed by atoms with E-state index in [0.717, 1.165) is 5.56 Å². The van der Waals surface area contributed by atoms with Gasteiger partial charge in [0.25, 0.3) is 0 Å². The first-order valence-electron chi connectivity index (χ1n) is 5.38. The molecule has 1 heterocycles. The number of H-pyrrole nitrogens is 1. The van der Waals surface area contributed by atoms with Crippen LogP contribution >= 0.6 is 0 Å². The zero-order valence-corrected chi connectivity index (χ0v) is 9.82. The fourth-order valence-corrected chi connectivity index (χ4v) is 1.57. The second-order valence-electron chi connectivity index (χ2n) is 3.92. The minimum absolute atomic E-state index is 0.442. The number of hydrogen-bond donors (Lipinski definition) is 2. The van der Waals surface area contributed by atoms with E-state index < -0.39 is 5.69 Å². The van der Waals surface area contributed by atoms with Gasteiger partial charge in [-0.2, -0.15) is 10.1 Å². The lowest BCUT2D eigenvalue weighted by atomic mass is 10.1. The van der Waals surface area contributed by atoms with Gasteiger partial charge in [-0.3, -0.25) is 0 Å². The molecule has 5 nitrogen and oxygen atoms in total.